The summed E-state index contributed by atoms with van der Waals surface area (Å²) in [4.78, 5) is 25.0. The molecule has 0 unspecified atom stereocenters. The van der Waals surface area contributed by atoms with Crippen molar-refractivity contribution >= 4 is 17.7 Å². The van der Waals surface area contributed by atoms with E-state index >= 15 is 0 Å². The van der Waals surface area contributed by atoms with Gasteiger partial charge in [0.25, 0.3) is 5.69 Å². The second kappa shape index (κ2) is 9.09. The van der Waals surface area contributed by atoms with Crippen molar-refractivity contribution in [1.82, 2.24) is 10.2 Å². The van der Waals surface area contributed by atoms with E-state index in [1.807, 2.05) is 12.1 Å². The molecule has 1 heterocycles. The highest BCUT2D eigenvalue weighted by Crippen LogP contribution is 2.18. The fourth-order valence-corrected chi connectivity index (χ4v) is 3.17. The van der Waals surface area contributed by atoms with Gasteiger partial charge in [-0.25, -0.2) is 0 Å². The van der Waals surface area contributed by atoms with Crippen molar-refractivity contribution in [2.24, 2.45) is 0 Å². The SMILES string of the molecule is O=C(/C=C/c1ccccc1[N+](=O)[O-])NCc1ccc(CN2CCCC2)cc1. The number of nitro benzene ring substituents is 1. The largest absolute Gasteiger partial charge is 0.348 e. The summed E-state index contributed by atoms with van der Waals surface area (Å²) in [6, 6.07) is 14.6. The first-order valence-electron chi connectivity index (χ1n) is 9.11. The number of rotatable bonds is 7. The smallest absolute Gasteiger partial charge is 0.276 e. The average molecular weight is 365 g/mol. The Bertz CT molecular complexity index is 825. The van der Waals surface area contributed by atoms with Gasteiger partial charge in [0.05, 0.1) is 10.5 Å². The fraction of sp³-hybridized carbons (Fsp3) is 0.286. The van der Waals surface area contributed by atoms with Crippen LogP contribution < -0.4 is 5.32 Å². The van der Waals surface area contributed by atoms with Gasteiger partial charge >= 0.3 is 0 Å². The van der Waals surface area contributed by atoms with Gasteiger partial charge in [0, 0.05) is 25.2 Å². The minimum Gasteiger partial charge on any atom is -0.348 e. The zero-order valence-electron chi connectivity index (χ0n) is 15.1. The molecule has 0 radical (unpaired) electrons. The molecule has 1 saturated heterocycles. The standard InChI is InChI=1S/C21H23N3O3/c25-21(12-11-19-5-1-2-6-20(19)24(26)27)22-15-17-7-9-18(10-8-17)16-23-13-3-4-14-23/h1-2,5-12H,3-4,13-16H2,(H,22,25)/b12-11+. The molecule has 1 aliphatic heterocycles. The molecule has 3 rings (SSSR count). The molecule has 140 valence electrons. The summed E-state index contributed by atoms with van der Waals surface area (Å²) in [6.07, 6.45) is 5.35. The van der Waals surface area contributed by atoms with Crippen LogP contribution in [0.25, 0.3) is 6.08 Å². The van der Waals surface area contributed by atoms with Gasteiger partial charge in [0.1, 0.15) is 0 Å². The van der Waals surface area contributed by atoms with Gasteiger partial charge in [-0.2, -0.15) is 0 Å². The first-order chi connectivity index (χ1) is 13.1. The Kier molecular flexibility index (Phi) is 6.33. The Morgan fingerprint density at radius 1 is 1.07 bits per heavy atom. The third kappa shape index (κ3) is 5.49. The van der Waals surface area contributed by atoms with Crippen LogP contribution in [-0.4, -0.2) is 28.8 Å². The van der Waals surface area contributed by atoms with Crippen molar-refractivity contribution in [1.29, 1.82) is 0 Å². The molecule has 2 aromatic carbocycles. The molecule has 1 amide bonds. The molecule has 0 bridgehead atoms. The van der Waals surface area contributed by atoms with Gasteiger partial charge in [-0.05, 0) is 49.2 Å². The highest BCUT2D eigenvalue weighted by atomic mass is 16.6. The molecule has 2 aromatic rings. The highest BCUT2D eigenvalue weighted by Gasteiger charge is 2.12. The van der Waals surface area contributed by atoms with Gasteiger partial charge in [-0.15, -0.1) is 0 Å². The van der Waals surface area contributed by atoms with E-state index in [4.69, 9.17) is 0 Å². The summed E-state index contributed by atoms with van der Waals surface area (Å²) in [5.74, 6) is -0.283. The Morgan fingerprint density at radius 3 is 2.44 bits per heavy atom. The predicted molar refractivity (Wildman–Crippen MR) is 105 cm³/mol. The van der Waals surface area contributed by atoms with Crippen LogP contribution in [0.3, 0.4) is 0 Å². The lowest BCUT2D eigenvalue weighted by Crippen LogP contribution is -2.20. The molecule has 0 atom stereocenters. The van der Waals surface area contributed by atoms with E-state index in [1.165, 1.54) is 49.7 Å². The first-order valence-corrected chi connectivity index (χ1v) is 9.11. The molecular weight excluding hydrogens is 342 g/mol. The summed E-state index contributed by atoms with van der Waals surface area (Å²) in [5.41, 5.74) is 2.69. The number of hydrogen-bond donors (Lipinski definition) is 1. The number of nitrogens with zero attached hydrogens (tertiary/aromatic N) is 2. The zero-order chi connectivity index (χ0) is 19.1. The molecule has 1 N–H and O–H groups in total. The van der Waals surface area contributed by atoms with E-state index < -0.39 is 4.92 Å². The average Bonchev–Trinajstić information content (AvgIpc) is 3.19. The van der Waals surface area contributed by atoms with Crippen LogP contribution in [0.15, 0.2) is 54.6 Å². The Morgan fingerprint density at radius 2 is 1.74 bits per heavy atom. The molecule has 1 fully saturated rings. The highest BCUT2D eigenvalue weighted by molar-refractivity contribution is 5.92. The quantitative estimate of drug-likeness (QED) is 0.463. The lowest BCUT2D eigenvalue weighted by molar-refractivity contribution is -0.385. The lowest BCUT2D eigenvalue weighted by Gasteiger charge is -2.14. The summed E-state index contributed by atoms with van der Waals surface area (Å²) in [7, 11) is 0. The molecule has 0 saturated carbocycles. The molecule has 27 heavy (non-hydrogen) atoms. The van der Waals surface area contributed by atoms with Crippen molar-refractivity contribution in [3.63, 3.8) is 0 Å². The van der Waals surface area contributed by atoms with Crippen LogP contribution in [0.5, 0.6) is 0 Å². The zero-order valence-corrected chi connectivity index (χ0v) is 15.1. The van der Waals surface area contributed by atoms with Crippen LogP contribution in [0.4, 0.5) is 5.69 Å². The van der Waals surface area contributed by atoms with Gasteiger partial charge in [0.2, 0.25) is 5.91 Å². The predicted octanol–water partition coefficient (Wildman–Crippen LogP) is 3.52. The number of hydrogen-bond acceptors (Lipinski definition) is 4. The Balaban J connectivity index is 1.51. The maximum atomic E-state index is 12.0. The minimum atomic E-state index is -0.457. The fourth-order valence-electron chi connectivity index (χ4n) is 3.17. The molecular formula is C21H23N3O3. The molecule has 6 heteroatoms. The number of likely N-dealkylation sites (tertiary alicyclic amines) is 1. The van der Waals surface area contributed by atoms with Gasteiger partial charge in [0.15, 0.2) is 0 Å². The van der Waals surface area contributed by atoms with Crippen LogP contribution >= 0.6 is 0 Å². The number of carbonyl (C=O) groups is 1. The Labute approximate surface area is 158 Å². The maximum Gasteiger partial charge on any atom is 0.276 e. The lowest BCUT2D eigenvalue weighted by atomic mass is 10.1. The number of benzene rings is 2. The molecule has 0 aromatic heterocycles. The molecule has 6 nitrogen and oxygen atoms in total. The topological polar surface area (TPSA) is 75.5 Å². The van der Waals surface area contributed by atoms with Crippen LogP contribution in [0.2, 0.25) is 0 Å². The van der Waals surface area contributed by atoms with Gasteiger partial charge in [-0.1, -0.05) is 36.4 Å². The van der Waals surface area contributed by atoms with Crippen molar-refractivity contribution < 1.29 is 9.72 Å². The third-order valence-electron chi connectivity index (χ3n) is 4.64. The summed E-state index contributed by atoms with van der Waals surface area (Å²) in [5, 5.41) is 13.8. The minimum absolute atomic E-state index is 0.0184. The number of para-hydroxylation sites is 1. The molecule has 1 aliphatic rings. The van der Waals surface area contributed by atoms with Crippen molar-refractivity contribution in [2.75, 3.05) is 13.1 Å². The maximum absolute atomic E-state index is 12.0. The Hall–Kier alpha value is -2.99. The van der Waals surface area contributed by atoms with Crippen LogP contribution in [-0.2, 0) is 17.9 Å². The van der Waals surface area contributed by atoms with Crippen molar-refractivity contribution in [2.45, 2.75) is 25.9 Å². The number of nitro groups is 1. The van der Waals surface area contributed by atoms with Gasteiger partial charge in [-0.3, -0.25) is 19.8 Å². The third-order valence-corrected chi connectivity index (χ3v) is 4.64. The summed E-state index contributed by atoms with van der Waals surface area (Å²) >= 11 is 0. The molecule has 0 spiro atoms. The van der Waals surface area contributed by atoms with Crippen LogP contribution in [0.1, 0.15) is 29.5 Å². The van der Waals surface area contributed by atoms with E-state index in [0.717, 1.165) is 12.1 Å². The number of nitrogens with one attached hydrogen (secondary N) is 1. The van der Waals surface area contributed by atoms with Crippen molar-refractivity contribution in [3.8, 4) is 0 Å². The van der Waals surface area contributed by atoms with Crippen LogP contribution in [0, 0.1) is 10.1 Å². The van der Waals surface area contributed by atoms with E-state index in [-0.39, 0.29) is 11.6 Å². The van der Waals surface area contributed by atoms with Gasteiger partial charge < -0.3 is 5.32 Å². The number of amides is 1. The monoisotopic (exact) mass is 365 g/mol. The van der Waals surface area contributed by atoms with E-state index in [9.17, 15) is 14.9 Å². The normalized spacial score (nSPS) is 14.5. The second-order valence-electron chi connectivity index (χ2n) is 6.67. The van der Waals surface area contributed by atoms with E-state index in [1.54, 1.807) is 18.2 Å². The molecule has 0 aliphatic carbocycles. The summed E-state index contributed by atoms with van der Waals surface area (Å²) in [6.45, 7) is 3.74. The van der Waals surface area contributed by atoms with Crippen molar-refractivity contribution in [3.05, 3.63) is 81.4 Å². The van der Waals surface area contributed by atoms with E-state index in [0.29, 0.717) is 12.1 Å². The first kappa shape index (κ1) is 18.8. The summed E-state index contributed by atoms with van der Waals surface area (Å²) < 4.78 is 0. The van der Waals surface area contributed by atoms with E-state index in [2.05, 4.69) is 22.3 Å². The number of carbonyl (C=O) groups excluding carboxylic acids is 1. The second-order valence-corrected chi connectivity index (χ2v) is 6.67.